The Morgan fingerprint density at radius 3 is 2.27 bits per heavy atom. The number of likely N-dealkylation sites (N-methyl/N-ethyl adjacent to an activating group) is 1. The molecule has 0 heterocycles. The molecule has 0 spiro atoms. The average molecular weight is 306 g/mol. The quantitative estimate of drug-likeness (QED) is 0.755. The van der Waals surface area contributed by atoms with Gasteiger partial charge in [-0.05, 0) is 70.3 Å². The molecule has 0 saturated heterocycles. The molecule has 0 aliphatic heterocycles. The fourth-order valence-corrected chi connectivity index (χ4v) is 3.48. The van der Waals surface area contributed by atoms with Gasteiger partial charge in [0.15, 0.2) is 0 Å². The normalized spacial score (nSPS) is 25.1. The summed E-state index contributed by atoms with van der Waals surface area (Å²) in [5.41, 5.74) is 0.646. The van der Waals surface area contributed by atoms with Crippen molar-refractivity contribution in [2.75, 3.05) is 27.2 Å². The first-order valence-corrected chi connectivity index (χ1v) is 8.25. The highest BCUT2D eigenvalue weighted by atomic mass is 16.3. The first-order chi connectivity index (χ1) is 10.4. The number of aliphatic hydroxyl groups is 1. The molecule has 1 aliphatic rings. The van der Waals surface area contributed by atoms with E-state index in [9.17, 15) is 10.2 Å². The molecule has 4 heteroatoms. The zero-order valence-corrected chi connectivity index (χ0v) is 14.0. The topological polar surface area (TPSA) is 55.7 Å². The fourth-order valence-electron chi connectivity index (χ4n) is 3.48. The largest absolute Gasteiger partial charge is 0.508 e. The van der Waals surface area contributed by atoms with Crippen molar-refractivity contribution in [1.82, 2.24) is 10.2 Å². The van der Waals surface area contributed by atoms with Crippen LogP contribution in [0.4, 0.5) is 0 Å². The lowest BCUT2D eigenvalue weighted by Crippen LogP contribution is -2.48. The zero-order chi connectivity index (χ0) is 16.2. The lowest BCUT2D eigenvalue weighted by Gasteiger charge is -2.33. The highest BCUT2D eigenvalue weighted by molar-refractivity contribution is 5.28. The first-order valence-electron chi connectivity index (χ1n) is 8.25. The standard InChI is InChI=1S/C18H30N2O2/c1-18(22,13-20(2)3)12-19-16-8-4-14(5-9-16)15-6-10-17(21)11-7-15/h6-7,10-11,14,16,19,21-22H,4-5,8-9,12-13H2,1-3H3. The third-order valence-corrected chi connectivity index (χ3v) is 4.52. The van der Waals surface area contributed by atoms with Crippen molar-refractivity contribution in [2.45, 2.75) is 50.2 Å². The lowest BCUT2D eigenvalue weighted by atomic mass is 9.81. The maximum Gasteiger partial charge on any atom is 0.115 e. The second-order valence-electron chi connectivity index (χ2n) is 7.26. The number of aromatic hydroxyl groups is 1. The molecule has 4 nitrogen and oxygen atoms in total. The van der Waals surface area contributed by atoms with Gasteiger partial charge in [0.1, 0.15) is 5.75 Å². The molecular formula is C18H30N2O2. The average Bonchev–Trinajstić information content (AvgIpc) is 2.45. The van der Waals surface area contributed by atoms with Gasteiger partial charge in [0.2, 0.25) is 0 Å². The lowest BCUT2D eigenvalue weighted by molar-refractivity contribution is 0.0300. The number of nitrogens with one attached hydrogen (secondary N) is 1. The smallest absolute Gasteiger partial charge is 0.115 e. The van der Waals surface area contributed by atoms with Crippen LogP contribution in [0.2, 0.25) is 0 Å². The van der Waals surface area contributed by atoms with Crippen LogP contribution in [0.15, 0.2) is 24.3 Å². The summed E-state index contributed by atoms with van der Waals surface area (Å²) in [5.74, 6) is 0.933. The number of phenols is 1. The summed E-state index contributed by atoms with van der Waals surface area (Å²) in [5, 5.41) is 23.2. The first kappa shape index (κ1) is 17.3. The second kappa shape index (κ2) is 7.44. The van der Waals surface area contributed by atoms with Gasteiger partial charge in [-0.2, -0.15) is 0 Å². The van der Waals surface area contributed by atoms with Gasteiger partial charge < -0.3 is 20.4 Å². The predicted molar refractivity (Wildman–Crippen MR) is 90.3 cm³/mol. The Hall–Kier alpha value is -1.10. The number of hydrogen-bond donors (Lipinski definition) is 3. The van der Waals surface area contributed by atoms with E-state index in [0.717, 1.165) is 25.7 Å². The van der Waals surface area contributed by atoms with Crippen molar-refractivity contribution in [3.63, 3.8) is 0 Å². The maximum atomic E-state index is 10.3. The van der Waals surface area contributed by atoms with Gasteiger partial charge in [-0.1, -0.05) is 12.1 Å². The molecule has 0 aromatic heterocycles. The van der Waals surface area contributed by atoms with Gasteiger partial charge in [0.25, 0.3) is 0 Å². The minimum atomic E-state index is -0.683. The van der Waals surface area contributed by atoms with Gasteiger partial charge in [-0.15, -0.1) is 0 Å². The van der Waals surface area contributed by atoms with E-state index in [1.165, 1.54) is 5.56 Å². The number of phenolic OH excluding ortho intramolecular Hbond substituents is 1. The van der Waals surface area contributed by atoms with Crippen molar-refractivity contribution >= 4 is 0 Å². The summed E-state index contributed by atoms with van der Waals surface area (Å²) < 4.78 is 0. The Morgan fingerprint density at radius 2 is 1.73 bits per heavy atom. The Labute approximate surface area is 134 Å². The molecule has 124 valence electrons. The summed E-state index contributed by atoms with van der Waals surface area (Å²) in [7, 11) is 3.97. The Kier molecular flexibility index (Phi) is 5.84. The summed E-state index contributed by atoms with van der Waals surface area (Å²) >= 11 is 0. The molecule has 0 bridgehead atoms. The van der Waals surface area contributed by atoms with Gasteiger partial charge in [0, 0.05) is 19.1 Å². The van der Waals surface area contributed by atoms with E-state index in [4.69, 9.17) is 0 Å². The molecule has 2 rings (SSSR count). The predicted octanol–water partition coefficient (Wildman–Crippen LogP) is 2.32. The summed E-state index contributed by atoms with van der Waals surface area (Å²) in [6, 6.07) is 8.13. The van der Waals surface area contributed by atoms with E-state index in [1.807, 2.05) is 38.1 Å². The summed E-state index contributed by atoms with van der Waals surface area (Å²) in [4.78, 5) is 2.02. The second-order valence-corrected chi connectivity index (χ2v) is 7.26. The van der Waals surface area contributed by atoms with Gasteiger partial charge in [-0.3, -0.25) is 0 Å². The minimum Gasteiger partial charge on any atom is -0.508 e. The minimum absolute atomic E-state index is 0.335. The van der Waals surface area contributed by atoms with Crippen LogP contribution in [0.3, 0.4) is 0 Å². The monoisotopic (exact) mass is 306 g/mol. The van der Waals surface area contributed by atoms with Gasteiger partial charge >= 0.3 is 0 Å². The summed E-state index contributed by atoms with van der Waals surface area (Å²) in [6.45, 7) is 3.20. The molecule has 1 atom stereocenters. The Balaban J connectivity index is 1.76. The SMILES string of the molecule is CN(C)CC(C)(O)CNC1CCC(c2ccc(O)cc2)CC1. The molecular weight excluding hydrogens is 276 g/mol. The van der Waals surface area contributed by atoms with Crippen LogP contribution >= 0.6 is 0 Å². The Bertz CT molecular complexity index is 449. The number of hydrogen-bond acceptors (Lipinski definition) is 4. The highest BCUT2D eigenvalue weighted by Crippen LogP contribution is 2.33. The van der Waals surface area contributed by atoms with Crippen LogP contribution in [0.5, 0.6) is 5.75 Å². The van der Waals surface area contributed by atoms with Crippen molar-refractivity contribution in [1.29, 1.82) is 0 Å². The van der Waals surface area contributed by atoms with Crippen molar-refractivity contribution in [3.05, 3.63) is 29.8 Å². The van der Waals surface area contributed by atoms with E-state index < -0.39 is 5.60 Å². The number of benzene rings is 1. The summed E-state index contributed by atoms with van der Waals surface area (Å²) in [6.07, 6.45) is 4.61. The maximum absolute atomic E-state index is 10.3. The van der Waals surface area contributed by atoms with Gasteiger partial charge in [-0.25, -0.2) is 0 Å². The van der Waals surface area contributed by atoms with Crippen molar-refractivity contribution < 1.29 is 10.2 Å². The number of rotatable bonds is 6. The molecule has 1 unspecified atom stereocenters. The van der Waals surface area contributed by atoms with Crippen LogP contribution in [-0.4, -0.2) is 53.9 Å². The van der Waals surface area contributed by atoms with Crippen molar-refractivity contribution in [2.24, 2.45) is 0 Å². The van der Waals surface area contributed by atoms with E-state index in [2.05, 4.69) is 5.32 Å². The third-order valence-electron chi connectivity index (χ3n) is 4.52. The van der Waals surface area contributed by atoms with E-state index >= 15 is 0 Å². The molecule has 3 N–H and O–H groups in total. The number of nitrogens with zero attached hydrogens (tertiary/aromatic N) is 1. The van der Waals surface area contributed by atoms with E-state index in [1.54, 1.807) is 12.1 Å². The zero-order valence-electron chi connectivity index (χ0n) is 14.0. The van der Waals surface area contributed by atoms with Crippen LogP contribution in [0, 0.1) is 0 Å². The molecule has 0 radical (unpaired) electrons. The molecule has 1 aromatic carbocycles. The van der Waals surface area contributed by atoms with Crippen molar-refractivity contribution in [3.8, 4) is 5.75 Å². The van der Waals surface area contributed by atoms with Crippen LogP contribution < -0.4 is 5.32 Å². The highest BCUT2D eigenvalue weighted by Gasteiger charge is 2.26. The molecule has 1 fully saturated rings. The molecule has 1 aliphatic carbocycles. The molecule has 0 amide bonds. The van der Waals surface area contributed by atoms with E-state index in [0.29, 0.717) is 30.8 Å². The van der Waals surface area contributed by atoms with E-state index in [-0.39, 0.29) is 0 Å². The molecule has 1 saturated carbocycles. The third kappa shape index (κ3) is 5.27. The molecule has 22 heavy (non-hydrogen) atoms. The van der Waals surface area contributed by atoms with Gasteiger partial charge in [0.05, 0.1) is 5.60 Å². The Morgan fingerprint density at radius 1 is 1.14 bits per heavy atom. The van der Waals surface area contributed by atoms with Crippen LogP contribution in [0.25, 0.3) is 0 Å². The van der Waals surface area contributed by atoms with Crippen LogP contribution in [-0.2, 0) is 0 Å². The molecule has 1 aromatic rings. The fraction of sp³-hybridized carbons (Fsp3) is 0.667. The van der Waals surface area contributed by atoms with Crippen LogP contribution in [0.1, 0.15) is 44.1 Å².